The highest BCUT2D eigenvalue weighted by Crippen LogP contribution is 2.39. The number of hydrogen-bond donors (Lipinski definition) is 2. The highest BCUT2D eigenvalue weighted by molar-refractivity contribution is 6.32. The number of nitrogens with zero attached hydrogens (tertiary/aromatic N) is 3. The molecule has 1 saturated heterocycles. The van der Waals surface area contributed by atoms with Crippen LogP contribution in [0.25, 0.3) is 0 Å². The summed E-state index contributed by atoms with van der Waals surface area (Å²) in [6.07, 6.45) is 2.48. The van der Waals surface area contributed by atoms with Crippen LogP contribution in [0.5, 0.6) is 5.75 Å². The summed E-state index contributed by atoms with van der Waals surface area (Å²) < 4.78 is 7.85. The normalized spacial score (nSPS) is 26.4. The van der Waals surface area contributed by atoms with Gasteiger partial charge in [-0.2, -0.15) is 5.10 Å². The topological polar surface area (TPSA) is 79.6 Å². The molecule has 2 aromatic rings. The molecule has 2 N–H and O–H groups in total. The Morgan fingerprint density at radius 2 is 2.00 bits per heavy atom. The fraction of sp³-hybridized carbons (Fsp3) is 0.545. The molecule has 2 aliphatic rings. The van der Waals surface area contributed by atoms with E-state index in [0.29, 0.717) is 35.6 Å². The van der Waals surface area contributed by atoms with Gasteiger partial charge in [0.05, 0.1) is 17.7 Å². The van der Waals surface area contributed by atoms with Crippen molar-refractivity contribution in [2.24, 2.45) is 18.9 Å². The molecule has 0 radical (unpaired) electrons. The number of aromatic nitrogens is 2. The van der Waals surface area contributed by atoms with E-state index in [-0.39, 0.29) is 12.0 Å². The standard InChI is InChI=1S/C22H29ClN4O3/c1-13-4-5-18(14(2)22(13)23)30-19-9-16-11-27(10-15(16)8-17(19)28)12-21(29)24-20-6-7-26(3)25-20/h4-7,15-17,19,28H,8-12H2,1-3H3,(H,24,25,29)/t15-,16+,17+,19+/m0/s1. The highest BCUT2D eigenvalue weighted by Gasteiger charge is 2.43. The Kier molecular flexibility index (Phi) is 6.04. The maximum Gasteiger partial charge on any atom is 0.239 e. The second kappa shape index (κ2) is 8.57. The first-order valence-electron chi connectivity index (χ1n) is 10.4. The van der Waals surface area contributed by atoms with Gasteiger partial charge in [0.2, 0.25) is 5.91 Å². The number of amides is 1. The van der Waals surface area contributed by atoms with Crippen molar-refractivity contribution in [3.05, 3.63) is 40.5 Å². The third-order valence-electron chi connectivity index (χ3n) is 6.32. The predicted octanol–water partition coefficient (Wildman–Crippen LogP) is 2.78. The molecule has 2 fully saturated rings. The number of nitrogens with one attached hydrogen (secondary N) is 1. The smallest absolute Gasteiger partial charge is 0.239 e. The van der Waals surface area contributed by atoms with Crippen LogP contribution in [0.3, 0.4) is 0 Å². The summed E-state index contributed by atoms with van der Waals surface area (Å²) in [6.45, 7) is 5.90. The van der Waals surface area contributed by atoms with Crippen LogP contribution in [-0.4, -0.2) is 57.5 Å². The zero-order valence-electron chi connectivity index (χ0n) is 17.6. The second-order valence-corrected chi connectivity index (χ2v) is 9.03. The summed E-state index contributed by atoms with van der Waals surface area (Å²) in [6, 6.07) is 5.65. The van der Waals surface area contributed by atoms with Gasteiger partial charge in [-0.25, -0.2) is 0 Å². The Hall–Kier alpha value is -2.09. The van der Waals surface area contributed by atoms with Gasteiger partial charge in [0.25, 0.3) is 0 Å². The van der Waals surface area contributed by atoms with Crippen molar-refractivity contribution in [2.45, 2.75) is 38.9 Å². The molecular formula is C22H29ClN4O3. The minimum absolute atomic E-state index is 0.0642. The average Bonchev–Trinajstić information content (AvgIpc) is 3.27. The summed E-state index contributed by atoms with van der Waals surface area (Å²) in [5.74, 6) is 2.02. The molecule has 0 spiro atoms. The SMILES string of the molecule is Cc1ccc(O[C@@H]2C[C@@H]3CN(CC(=O)Nc4ccn(C)n4)C[C@@H]3C[C@H]2O)c(C)c1Cl. The largest absolute Gasteiger partial charge is 0.487 e. The first-order chi connectivity index (χ1) is 14.3. The van der Waals surface area contributed by atoms with Gasteiger partial charge in [0.1, 0.15) is 11.9 Å². The van der Waals surface area contributed by atoms with Crippen molar-refractivity contribution in [1.29, 1.82) is 0 Å². The number of ether oxygens (including phenoxy) is 1. The molecular weight excluding hydrogens is 404 g/mol. The van der Waals surface area contributed by atoms with Crippen LogP contribution in [0.15, 0.2) is 24.4 Å². The molecule has 1 amide bonds. The van der Waals surface area contributed by atoms with E-state index >= 15 is 0 Å². The number of hydrogen-bond acceptors (Lipinski definition) is 5. The molecule has 4 atom stereocenters. The first-order valence-corrected chi connectivity index (χ1v) is 10.8. The minimum Gasteiger partial charge on any atom is -0.487 e. The number of rotatable bonds is 5. The van der Waals surface area contributed by atoms with Gasteiger partial charge in [0.15, 0.2) is 5.82 Å². The van der Waals surface area contributed by atoms with Crippen LogP contribution in [0, 0.1) is 25.7 Å². The lowest BCUT2D eigenvalue weighted by Gasteiger charge is -2.35. The van der Waals surface area contributed by atoms with Crippen LogP contribution < -0.4 is 10.1 Å². The minimum atomic E-state index is -0.520. The number of carbonyl (C=O) groups is 1. The zero-order chi connectivity index (χ0) is 21.4. The molecule has 1 aromatic heterocycles. The number of aliphatic hydroxyl groups excluding tert-OH is 1. The Balaban J connectivity index is 1.34. The zero-order valence-corrected chi connectivity index (χ0v) is 18.4. The Morgan fingerprint density at radius 3 is 2.70 bits per heavy atom. The van der Waals surface area contributed by atoms with E-state index in [1.54, 1.807) is 16.9 Å². The summed E-state index contributed by atoms with van der Waals surface area (Å²) >= 11 is 6.36. The molecule has 1 aromatic carbocycles. The van der Waals surface area contributed by atoms with Gasteiger partial charge in [0, 0.05) is 38.0 Å². The first kappa shape index (κ1) is 21.2. The van der Waals surface area contributed by atoms with E-state index in [1.165, 1.54) is 0 Å². The van der Waals surface area contributed by atoms with Gasteiger partial charge in [-0.1, -0.05) is 17.7 Å². The molecule has 162 valence electrons. The van der Waals surface area contributed by atoms with Gasteiger partial charge in [-0.05, 0) is 50.2 Å². The maximum atomic E-state index is 12.4. The van der Waals surface area contributed by atoms with Crippen molar-refractivity contribution in [1.82, 2.24) is 14.7 Å². The third-order valence-corrected chi connectivity index (χ3v) is 6.90. The molecule has 30 heavy (non-hydrogen) atoms. The molecule has 4 rings (SSSR count). The van der Waals surface area contributed by atoms with E-state index in [2.05, 4.69) is 15.3 Å². The molecule has 0 unspecified atom stereocenters. The number of likely N-dealkylation sites (tertiary alicyclic amines) is 1. The van der Waals surface area contributed by atoms with E-state index in [1.807, 2.05) is 33.0 Å². The van der Waals surface area contributed by atoms with Crippen LogP contribution in [0.4, 0.5) is 5.82 Å². The summed E-state index contributed by atoms with van der Waals surface area (Å²) in [7, 11) is 1.82. The Morgan fingerprint density at radius 1 is 1.27 bits per heavy atom. The van der Waals surface area contributed by atoms with Crippen molar-refractivity contribution in [3.63, 3.8) is 0 Å². The van der Waals surface area contributed by atoms with Crippen molar-refractivity contribution < 1.29 is 14.6 Å². The quantitative estimate of drug-likeness (QED) is 0.759. The Labute approximate surface area is 182 Å². The fourth-order valence-electron chi connectivity index (χ4n) is 4.70. The number of aryl methyl sites for hydroxylation is 2. The lowest BCUT2D eigenvalue weighted by Crippen LogP contribution is -2.42. The van der Waals surface area contributed by atoms with Crippen LogP contribution in [-0.2, 0) is 11.8 Å². The maximum absolute atomic E-state index is 12.4. The van der Waals surface area contributed by atoms with Crippen LogP contribution in [0.1, 0.15) is 24.0 Å². The summed E-state index contributed by atoms with van der Waals surface area (Å²) in [5.41, 5.74) is 1.92. The van der Waals surface area contributed by atoms with E-state index in [4.69, 9.17) is 16.3 Å². The lowest BCUT2D eigenvalue weighted by molar-refractivity contribution is -0.117. The number of anilines is 1. The van der Waals surface area contributed by atoms with E-state index in [0.717, 1.165) is 36.4 Å². The van der Waals surface area contributed by atoms with E-state index in [9.17, 15) is 9.90 Å². The number of aliphatic hydroxyl groups is 1. The van der Waals surface area contributed by atoms with Gasteiger partial charge in [-0.15, -0.1) is 0 Å². The monoisotopic (exact) mass is 432 g/mol. The molecule has 2 heterocycles. The Bertz CT molecular complexity index is 931. The van der Waals surface area contributed by atoms with Crippen molar-refractivity contribution >= 4 is 23.3 Å². The number of carbonyl (C=O) groups excluding carboxylic acids is 1. The number of fused-ring (bicyclic) bond motifs is 1. The molecule has 0 bridgehead atoms. The summed E-state index contributed by atoms with van der Waals surface area (Å²) in [4.78, 5) is 14.5. The molecule has 7 nitrogen and oxygen atoms in total. The molecule has 8 heteroatoms. The fourth-order valence-corrected chi connectivity index (χ4v) is 4.86. The molecule has 1 aliphatic carbocycles. The van der Waals surface area contributed by atoms with Gasteiger partial charge < -0.3 is 15.2 Å². The van der Waals surface area contributed by atoms with Crippen molar-refractivity contribution in [3.8, 4) is 5.75 Å². The van der Waals surface area contributed by atoms with Crippen LogP contribution >= 0.6 is 11.6 Å². The average molecular weight is 433 g/mol. The number of benzene rings is 1. The van der Waals surface area contributed by atoms with E-state index < -0.39 is 6.10 Å². The molecule has 1 aliphatic heterocycles. The second-order valence-electron chi connectivity index (χ2n) is 8.65. The van der Waals surface area contributed by atoms with Gasteiger partial charge >= 0.3 is 0 Å². The summed E-state index contributed by atoms with van der Waals surface area (Å²) in [5, 5.41) is 18.4. The number of halogens is 1. The van der Waals surface area contributed by atoms with Gasteiger partial charge in [-0.3, -0.25) is 14.4 Å². The van der Waals surface area contributed by atoms with Crippen molar-refractivity contribution in [2.75, 3.05) is 25.0 Å². The lowest BCUT2D eigenvalue weighted by atomic mass is 9.78. The highest BCUT2D eigenvalue weighted by atomic mass is 35.5. The van der Waals surface area contributed by atoms with Crippen LogP contribution in [0.2, 0.25) is 5.02 Å². The predicted molar refractivity (Wildman–Crippen MR) is 116 cm³/mol. The molecule has 1 saturated carbocycles. The third kappa shape index (κ3) is 4.48.